The number of methoxy groups -OCH3 is 1. The summed E-state index contributed by atoms with van der Waals surface area (Å²) in [5.74, 6) is -1.68. The van der Waals surface area contributed by atoms with Gasteiger partial charge >= 0.3 is 12.2 Å². The number of imide groups is 1. The van der Waals surface area contributed by atoms with Crippen molar-refractivity contribution in [3.8, 4) is 0 Å². The quantitative estimate of drug-likeness (QED) is 0.640. The average molecular weight is 444 g/mol. The molecule has 2 aliphatic heterocycles. The van der Waals surface area contributed by atoms with Crippen molar-refractivity contribution in [2.75, 3.05) is 25.1 Å². The molecule has 9 nitrogen and oxygen atoms in total. The van der Waals surface area contributed by atoms with Gasteiger partial charge in [-0.2, -0.15) is 0 Å². The van der Waals surface area contributed by atoms with Gasteiger partial charge in [-0.3, -0.25) is 4.79 Å². The number of amides is 3. The van der Waals surface area contributed by atoms with Crippen LogP contribution in [0.25, 0.3) is 0 Å². The van der Waals surface area contributed by atoms with Crippen LogP contribution in [-0.2, 0) is 19.9 Å². The number of nitrogens with zero attached hydrogens (tertiary/aromatic N) is 1. The Bertz CT molecular complexity index is 861. The summed E-state index contributed by atoms with van der Waals surface area (Å²) in [6, 6.07) is 1.30. The molecule has 164 valence electrons. The summed E-state index contributed by atoms with van der Waals surface area (Å²) in [5, 5.41) is 14.1. The molecule has 2 aliphatic rings. The van der Waals surface area contributed by atoms with Crippen LogP contribution in [-0.4, -0.2) is 55.5 Å². The number of hydrogen-bond donors (Lipinski definition) is 3. The number of piperidine rings is 1. The van der Waals surface area contributed by atoms with Crippen LogP contribution >= 0.6 is 11.6 Å². The number of hydrogen-bond acceptors (Lipinski definition) is 6. The fourth-order valence-electron chi connectivity index (χ4n) is 3.86. The highest BCUT2D eigenvalue weighted by molar-refractivity contribution is 6.31. The Morgan fingerprint density at radius 2 is 2.23 bits per heavy atom. The van der Waals surface area contributed by atoms with Crippen LogP contribution in [0.4, 0.5) is 19.7 Å². The minimum atomic E-state index is -1.45. The van der Waals surface area contributed by atoms with E-state index >= 15 is 4.39 Å². The summed E-state index contributed by atoms with van der Waals surface area (Å²) in [6.07, 6.45) is -1.99. The second-order valence-electron chi connectivity index (χ2n) is 7.36. The van der Waals surface area contributed by atoms with Crippen LogP contribution < -0.4 is 15.5 Å². The number of halogens is 2. The lowest BCUT2D eigenvalue weighted by molar-refractivity contribution is -0.121. The van der Waals surface area contributed by atoms with E-state index in [0.29, 0.717) is 24.3 Å². The van der Waals surface area contributed by atoms with Crippen molar-refractivity contribution in [2.45, 2.75) is 43.9 Å². The first kappa shape index (κ1) is 22.3. The zero-order valence-electron chi connectivity index (χ0n) is 16.5. The predicted octanol–water partition coefficient (Wildman–Crippen LogP) is 2.60. The highest BCUT2D eigenvalue weighted by atomic mass is 35.5. The summed E-state index contributed by atoms with van der Waals surface area (Å²) >= 11 is 5.98. The third kappa shape index (κ3) is 4.07. The molecule has 2 heterocycles. The van der Waals surface area contributed by atoms with Crippen molar-refractivity contribution in [1.29, 1.82) is 0 Å². The van der Waals surface area contributed by atoms with E-state index in [4.69, 9.17) is 26.2 Å². The van der Waals surface area contributed by atoms with Crippen molar-refractivity contribution in [3.05, 3.63) is 28.5 Å². The van der Waals surface area contributed by atoms with Crippen LogP contribution in [0.3, 0.4) is 0 Å². The van der Waals surface area contributed by atoms with E-state index < -0.39 is 41.7 Å². The van der Waals surface area contributed by atoms with Crippen LogP contribution in [0.1, 0.15) is 31.7 Å². The predicted molar refractivity (Wildman–Crippen MR) is 105 cm³/mol. The van der Waals surface area contributed by atoms with Gasteiger partial charge in [-0.15, -0.1) is 0 Å². The van der Waals surface area contributed by atoms with Gasteiger partial charge in [0.2, 0.25) is 0 Å². The Morgan fingerprint density at radius 1 is 1.50 bits per heavy atom. The summed E-state index contributed by atoms with van der Waals surface area (Å²) in [6.45, 7) is 2.50. The zero-order chi connectivity index (χ0) is 22.1. The number of anilines is 1. The number of ether oxygens (including phenoxy) is 2. The topological polar surface area (TPSA) is 117 Å². The van der Waals surface area contributed by atoms with Gasteiger partial charge in [0.1, 0.15) is 6.04 Å². The van der Waals surface area contributed by atoms with Crippen molar-refractivity contribution >= 4 is 35.4 Å². The van der Waals surface area contributed by atoms with Crippen LogP contribution in [0.5, 0.6) is 0 Å². The molecule has 3 atom stereocenters. The lowest BCUT2D eigenvalue weighted by Gasteiger charge is -2.44. The molecule has 1 saturated heterocycles. The number of rotatable bonds is 5. The van der Waals surface area contributed by atoms with E-state index in [1.807, 2.05) is 0 Å². The Hall–Kier alpha value is -2.43. The van der Waals surface area contributed by atoms with E-state index in [1.165, 1.54) is 19.2 Å². The smallest absolute Gasteiger partial charge is 0.422 e. The molecule has 0 unspecified atom stereocenters. The minimum Gasteiger partial charge on any atom is -0.465 e. The number of nitrogens with one attached hydrogen (secondary N) is 2. The van der Waals surface area contributed by atoms with Crippen molar-refractivity contribution in [2.24, 2.45) is 0 Å². The largest absolute Gasteiger partial charge is 0.465 e. The molecule has 1 aromatic carbocycles. The second-order valence-corrected chi connectivity index (χ2v) is 7.76. The zero-order valence-corrected chi connectivity index (χ0v) is 17.3. The Labute approximate surface area is 177 Å². The first-order chi connectivity index (χ1) is 14.2. The molecule has 0 saturated carbocycles. The molecule has 0 bridgehead atoms. The van der Waals surface area contributed by atoms with Gasteiger partial charge in [0.25, 0.3) is 5.91 Å². The van der Waals surface area contributed by atoms with Gasteiger partial charge in [-0.25, -0.2) is 18.9 Å². The number of fused-ring (bicyclic) bond motifs is 2. The van der Waals surface area contributed by atoms with Gasteiger partial charge in [-0.1, -0.05) is 11.6 Å². The summed E-state index contributed by atoms with van der Waals surface area (Å²) in [4.78, 5) is 38.0. The molecule has 1 fully saturated rings. The SMILES string of the molecule is CO[C@@H](C)C[C@H](NC(=O)O)C(=O)N1C(=O)O[C@]2(CCCNC2)c2c1ccc(Cl)c2F. The maximum atomic E-state index is 15.1. The maximum absolute atomic E-state index is 15.1. The number of carbonyl (C=O) groups is 3. The molecule has 1 spiro atoms. The van der Waals surface area contributed by atoms with Gasteiger partial charge in [0, 0.05) is 20.1 Å². The first-order valence-electron chi connectivity index (χ1n) is 9.48. The lowest BCUT2D eigenvalue weighted by Crippen LogP contribution is -2.58. The van der Waals surface area contributed by atoms with Gasteiger partial charge in [-0.05, 0) is 38.4 Å². The highest BCUT2D eigenvalue weighted by Crippen LogP contribution is 2.46. The second kappa shape index (κ2) is 8.75. The van der Waals surface area contributed by atoms with Crippen molar-refractivity contribution < 1.29 is 33.4 Å². The molecular formula is C19H23ClFN3O6. The molecular weight excluding hydrogens is 421 g/mol. The fourth-order valence-corrected chi connectivity index (χ4v) is 4.02. The number of carbonyl (C=O) groups excluding carboxylic acids is 2. The molecule has 1 aromatic rings. The average Bonchev–Trinajstić information content (AvgIpc) is 2.69. The van der Waals surface area contributed by atoms with E-state index in [1.54, 1.807) is 6.92 Å². The maximum Gasteiger partial charge on any atom is 0.422 e. The third-order valence-electron chi connectivity index (χ3n) is 5.37. The number of benzene rings is 1. The Morgan fingerprint density at radius 3 is 2.83 bits per heavy atom. The molecule has 30 heavy (non-hydrogen) atoms. The minimum absolute atomic E-state index is 0.00372. The number of carboxylic acid groups (broad SMARTS) is 1. The van der Waals surface area contributed by atoms with Crippen molar-refractivity contribution in [3.63, 3.8) is 0 Å². The van der Waals surface area contributed by atoms with Crippen LogP contribution in [0.2, 0.25) is 5.02 Å². The molecule has 3 amide bonds. The summed E-state index contributed by atoms with van der Waals surface area (Å²) in [7, 11) is 1.41. The third-order valence-corrected chi connectivity index (χ3v) is 5.66. The fraction of sp³-hybridized carbons (Fsp3) is 0.526. The molecule has 11 heteroatoms. The normalized spacial score (nSPS) is 22.8. The Kier molecular flexibility index (Phi) is 6.49. The van der Waals surface area contributed by atoms with E-state index in [0.717, 1.165) is 0 Å². The standard InChI is InChI=1S/C19H23ClFN3O6/c1-10(29-2)8-12(23-17(26)27)16(25)24-13-5-4-11(20)15(21)14(13)19(30-18(24)28)6-3-7-22-9-19/h4-5,10,12,22-23H,3,6-9H2,1-2H3,(H,26,27)/t10-,12-,19-/m0/s1. The Balaban J connectivity index is 2.07. The van der Waals surface area contributed by atoms with Gasteiger partial charge in [0.05, 0.1) is 22.4 Å². The van der Waals surface area contributed by atoms with E-state index in [-0.39, 0.29) is 29.2 Å². The molecule has 0 radical (unpaired) electrons. The van der Waals surface area contributed by atoms with Gasteiger partial charge < -0.3 is 25.2 Å². The molecule has 3 N–H and O–H groups in total. The van der Waals surface area contributed by atoms with Gasteiger partial charge in [0.15, 0.2) is 11.4 Å². The molecule has 3 rings (SSSR count). The molecule has 0 aliphatic carbocycles. The van der Waals surface area contributed by atoms with Crippen molar-refractivity contribution in [1.82, 2.24) is 10.6 Å². The van der Waals surface area contributed by atoms with E-state index in [9.17, 15) is 14.4 Å². The lowest BCUT2D eigenvalue weighted by atomic mass is 9.83. The van der Waals surface area contributed by atoms with Crippen LogP contribution in [0.15, 0.2) is 12.1 Å². The summed E-state index contributed by atoms with van der Waals surface area (Å²) < 4.78 is 25.8. The monoisotopic (exact) mass is 443 g/mol. The first-order valence-corrected chi connectivity index (χ1v) is 9.86. The van der Waals surface area contributed by atoms with E-state index in [2.05, 4.69) is 10.6 Å². The summed E-state index contributed by atoms with van der Waals surface area (Å²) in [5.41, 5.74) is -1.31. The highest BCUT2D eigenvalue weighted by Gasteiger charge is 2.50. The molecule has 0 aromatic heterocycles. The van der Waals surface area contributed by atoms with Crippen LogP contribution in [0, 0.1) is 5.82 Å².